The highest BCUT2D eigenvalue weighted by atomic mass is 35.5. The predicted octanol–water partition coefficient (Wildman–Crippen LogP) is 3.86. The average molecular weight is 481 g/mol. The van der Waals surface area contributed by atoms with Crippen LogP contribution in [0.1, 0.15) is 43.6 Å². The lowest BCUT2D eigenvalue weighted by Gasteiger charge is -2.34. The van der Waals surface area contributed by atoms with Crippen LogP contribution in [0, 0.1) is 0 Å². The van der Waals surface area contributed by atoms with Crippen molar-refractivity contribution in [2.24, 2.45) is 0 Å². The van der Waals surface area contributed by atoms with Crippen molar-refractivity contribution in [1.82, 2.24) is 9.62 Å². The maximum absolute atomic E-state index is 13.2. The lowest BCUT2D eigenvalue weighted by Crippen LogP contribution is -2.48. The van der Waals surface area contributed by atoms with Crippen LogP contribution in [0.25, 0.3) is 0 Å². The number of amides is 1. The molecule has 1 aliphatic heterocycles. The fourth-order valence-corrected chi connectivity index (χ4v) is 5.64. The van der Waals surface area contributed by atoms with E-state index in [2.05, 4.69) is 5.32 Å². The Hall–Kier alpha value is -2.13. The molecule has 1 heterocycles. The summed E-state index contributed by atoms with van der Waals surface area (Å²) in [4.78, 5) is 12.6. The molecule has 3 rings (SSSR count). The van der Waals surface area contributed by atoms with Crippen molar-refractivity contribution in [1.29, 1.82) is 0 Å². The molecule has 1 fully saturated rings. The lowest BCUT2D eigenvalue weighted by molar-refractivity contribution is -0.0440. The second-order valence-corrected chi connectivity index (χ2v) is 10.5. The number of morpholine rings is 1. The van der Waals surface area contributed by atoms with E-state index in [9.17, 15) is 13.2 Å². The monoisotopic (exact) mass is 480 g/mol. The Morgan fingerprint density at radius 1 is 1.16 bits per heavy atom. The highest BCUT2D eigenvalue weighted by Crippen LogP contribution is 2.28. The molecular weight excluding hydrogens is 452 g/mol. The van der Waals surface area contributed by atoms with Gasteiger partial charge in [0.2, 0.25) is 10.0 Å². The van der Waals surface area contributed by atoms with Gasteiger partial charge in [-0.25, -0.2) is 8.42 Å². The number of halogens is 1. The summed E-state index contributed by atoms with van der Waals surface area (Å²) in [6, 6.07) is 11.7. The number of ether oxygens (including phenoxy) is 2. The van der Waals surface area contributed by atoms with Gasteiger partial charge in [0.1, 0.15) is 10.6 Å². The molecule has 9 heteroatoms. The number of rotatable bonds is 7. The van der Waals surface area contributed by atoms with E-state index in [0.29, 0.717) is 6.54 Å². The van der Waals surface area contributed by atoms with E-state index < -0.39 is 10.0 Å². The number of hydrogen-bond donors (Lipinski definition) is 1. The second kappa shape index (κ2) is 10.2. The van der Waals surface area contributed by atoms with Gasteiger partial charge >= 0.3 is 0 Å². The van der Waals surface area contributed by atoms with E-state index in [1.807, 2.05) is 52.0 Å². The van der Waals surface area contributed by atoms with Gasteiger partial charge < -0.3 is 14.8 Å². The van der Waals surface area contributed by atoms with Crippen molar-refractivity contribution in [3.63, 3.8) is 0 Å². The first-order valence-electron chi connectivity index (χ1n) is 10.5. The first-order chi connectivity index (χ1) is 15.1. The third kappa shape index (κ3) is 6.01. The van der Waals surface area contributed by atoms with Crippen molar-refractivity contribution in [2.75, 3.05) is 13.1 Å². The second-order valence-electron chi connectivity index (χ2n) is 8.22. The predicted molar refractivity (Wildman–Crippen MR) is 124 cm³/mol. The Morgan fingerprint density at radius 3 is 2.38 bits per heavy atom. The Morgan fingerprint density at radius 2 is 1.78 bits per heavy atom. The molecule has 0 aromatic heterocycles. The van der Waals surface area contributed by atoms with E-state index in [1.165, 1.54) is 22.5 Å². The third-order valence-corrected chi connectivity index (χ3v) is 7.26. The maximum Gasteiger partial charge on any atom is 0.251 e. The number of hydrogen-bond acceptors (Lipinski definition) is 5. The quantitative estimate of drug-likeness (QED) is 0.650. The zero-order valence-electron chi connectivity index (χ0n) is 18.7. The summed E-state index contributed by atoms with van der Waals surface area (Å²) in [5.74, 6) is 0.374. The van der Waals surface area contributed by atoms with E-state index >= 15 is 0 Å². The Kier molecular flexibility index (Phi) is 7.82. The van der Waals surface area contributed by atoms with Gasteiger partial charge in [0, 0.05) is 25.2 Å². The number of carbonyl (C=O) groups is 1. The molecule has 1 amide bonds. The molecule has 2 aromatic rings. The lowest BCUT2D eigenvalue weighted by atomic mass is 10.2. The summed E-state index contributed by atoms with van der Waals surface area (Å²) in [5, 5.41) is 2.89. The van der Waals surface area contributed by atoms with Gasteiger partial charge in [0.05, 0.1) is 23.3 Å². The fraction of sp³-hybridized carbons (Fsp3) is 0.435. The molecule has 1 saturated heterocycles. The number of carbonyl (C=O) groups excluding carboxylic acids is 1. The van der Waals surface area contributed by atoms with Crippen molar-refractivity contribution in [2.45, 2.75) is 57.4 Å². The minimum Gasteiger partial charge on any atom is -0.491 e. The van der Waals surface area contributed by atoms with Crippen LogP contribution in [0.4, 0.5) is 0 Å². The van der Waals surface area contributed by atoms with Gasteiger partial charge in [-0.3, -0.25) is 4.79 Å². The highest BCUT2D eigenvalue weighted by molar-refractivity contribution is 7.89. The Bertz CT molecular complexity index is 1050. The SMILES string of the molecule is CC(C)Oc1ccc(CNC(=O)c2ccc(Cl)c(S(=O)(=O)N3CC(C)OC(C)C3)c2)cc1. The summed E-state index contributed by atoms with van der Waals surface area (Å²) >= 11 is 6.22. The fourth-order valence-electron chi connectivity index (χ4n) is 3.55. The van der Waals surface area contributed by atoms with Crippen LogP contribution in [0.2, 0.25) is 5.02 Å². The minimum absolute atomic E-state index is 0.0779. The first-order valence-corrected chi connectivity index (χ1v) is 12.4. The van der Waals surface area contributed by atoms with Crippen molar-refractivity contribution in [3.8, 4) is 5.75 Å². The summed E-state index contributed by atoms with van der Waals surface area (Å²) in [5.41, 5.74) is 1.12. The van der Waals surface area contributed by atoms with E-state index in [1.54, 1.807) is 0 Å². The third-order valence-electron chi connectivity index (χ3n) is 4.95. The standard InChI is InChI=1S/C23H29ClN2O5S/c1-15(2)30-20-8-5-18(6-9-20)12-25-23(27)19-7-10-21(24)22(11-19)32(28,29)26-13-16(3)31-17(4)14-26/h5-11,15-17H,12-14H2,1-4H3,(H,25,27). The molecule has 2 atom stereocenters. The van der Waals surface area contributed by atoms with E-state index in [4.69, 9.17) is 21.1 Å². The zero-order chi connectivity index (χ0) is 23.5. The van der Waals surface area contributed by atoms with Crippen LogP contribution in [0.15, 0.2) is 47.4 Å². The molecule has 0 bridgehead atoms. The molecule has 0 saturated carbocycles. The molecule has 1 aliphatic rings. The topological polar surface area (TPSA) is 84.9 Å². The molecule has 1 N–H and O–H groups in total. The van der Waals surface area contributed by atoms with E-state index in [0.717, 1.165) is 11.3 Å². The maximum atomic E-state index is 13.2. The van der Waals surface area contributed by atoms with Crippen molar-refractivity contribution < 1.29 is 22.7 Å². The van der Waals surface area contributed by atoms with Crippen molar-refractivity contribution in [3.05, 3.63) is 58.6 Å². The summed E-state index contributed by atoms with van der Waals surface area (Å²) in [6.07, 6.45) is -0.368. The number of nitrogens with zero attached hydrogens (tertiary/aromatic N) is 1. The van der Waals surface area contributed by atoms with Gasteiger partial charge in [0.25, 0.3) is 5.91 Å². The van der Waals surface area contributed by atoms with E-state index in [-0.39, 0.29) is 52.8 Å². The van der Waals surface area contributed by atoms with Crippen LogP contribution in [-0.4, -0.2) is 50.0 Å². The average Bonchev–Trinajstić information content (AvgIpc) is 2.72. The molecule has 2 unspecified atom stereocenters. The van der Waals surface area contributed by atoms with Crippen LogP contribution < -0.4 is 10.1 Å². The molecule has 0 radical (unpaired) electrons. The summed E-state index contributed by atoms with van der Waals surface area (Å²) in [6.45, 7) is 8.32. The van der Waals surface area contributed by atoms with Crippen LogP contribution in [0.3, 0.4) is 0 Å². The molecule has 0 spiro atoms. The number of nitrogens with one attached hydrogen (secondary N) is 1. The molecule has 7 nitrogen and oxygen atoms in total. The normalized spacial score (nSPS) is 19.7. The Balaban J connectivity index is 1.72. The molecule has 2 aromatic carbocycles. The summed E-state index contributed by atoms with van der Waals surface area (Å²) in [7, 11) is -3.87. The Labute approximate surface area is 194 Å². The van der Waals surface area contributed by atoms with Gasteiger partial charge in [-0.2, -0.15) is 4.31 Å². The van der Waals surface area contributed by atoms with Crippen LogP contribution in [-0.2, 0) is 21.3 Å². The number of sulfonamides is 1. The summed E-state index contributed by atoms with van der Waals surface area (Å²) < 4.78 is 39.0. The largest absolute Gasteiger partial charge is 0.491 e. The molecule has 0 aliphatic carbocycles. The van der Waals surface area contributed by atoms with Gasteiger partial charge in [0.15, 0.2) is 0 Å². The number of benzene rings is 2. The minimum atomic E-state index is -3.87. The molecule has 32 heavy (non-hydrogen) atoms. The van der Waals surface area contributed by atoms with Gasteiger partial charge in [-0.1, -0.05) is 23.7 Å². The highest BCUT2D eigenvalue weighted by Gasteiger charge is 2.33. The smallest absolute Gasteiger partial charge is 0.251 e. The van der Waals surface area contributed by atoms with Crippen LogP contribution in [0.5, 0.6) is 5.75 Å². The molecule has 174 valence electrons. The van der Waals surface area contributed by atoms with Crippen molar-refractivity contribution >= 4 is 27.5 Å². The van der Waals surface area contributed by atoms with Gasteiger partial charge in [-0.05, 0) is 63.6 Å². The molecular formula is C23H29ClN2O5S. The van der Waals surface area contributed by atoms with Gasteiger partial charge in [-0.15, -0.1) is 0 Å². The first kappa shape index (κ1) is 24.5. The zero-order valence-corrected chi connectivity index (χ0v) is 20.2. The van der Waals surface area contributed by atoms with Crippen LogP contribution >= 0.6 is 11.6 Å².